The van der Waals surface area contributed by atoms with Crippen LogP contribution < -0.4 is 4.90 Å². The second-order valence-corrected chi connectivity index (χ2v) is 5.42. The Morgan fingerprint density at radius 3 is 2.15 bits per heavy atom. The number of benzene rings is 1. The minimum absolute atomic E-state index is 0.0640. The molecule has 20 heavy (non-hydrogen) atoms. The molecule has 0 aliphatic heterocycles. The van der Waals surface area contributed by atoms with Crippen LogP contribution in [0.15, 0.2) is 24.3 Å². The van der Waals surface area contributed by atoms with Crippen LogP contribution in [-0.2, 0) is 4.74 Å². The highest BCUT2D eigenvalue weighted by atomic mass is 19.1. The Balaban J connectivity index is 2.95. The Morgan fingerprint density at radius 2 is 1.75 bits per heavy atom. The Labute approximate surface area is 118 Å². The van der Waals surface area contributed by atoms with Crippen LogP contribution in [0.4, 0.5) is 14.9 Å². The topological polar surface area (TPSA) is 46.6 Å². The molecule has 0 N–H and O–H groups in total. The van der Waals surface area contributed by atoms with Crippen molar-refractivity contribution >= 4 is 17.6 Å². The molecule has 0 unspecified atom stereocenters. The molecule has 0 heterocycles. The molecule has 0 spiro atoms. The van der Waals surface area contributed by atoms with Crippen LogP contribution in [-0.4, -0.2) is 30.7 Å². The molecule has 0 fully saturated rings. The van der Waals surface area contributed by atoms with Gasteiger partial charge >= 0.3 is 6.09 Å². The zero-order chi connectivity index (χ0) is 15.3. The molecule has 1 aromatic rings. The lowest BCUT2D eigenvalue weighted by atomic mass is 10.1. The number of anilines is 1. The Hall–Kier alpha value is -1.91. The molecule has 0 aliphatic rings. The Morgan fingerprint density at radius 1 is 1.20 bits per heavy atom. The van der Waals surface area contributed by atoms with E-state index in [-0.39, 0.29) is 12.3 Å². The maximum absolute atomic E-state index is 12.6. The van der Waals surface area contributed by atoms with E-state index >= 15 is 0 Å². The summed E-state index contributed by atoms with van der Waals surface area (Å²) in [4.78, 5) is 24.5. The van der Waals surface area contributed by atoms with E-state index in [9.17, 15) is 14.0 Å². The Kier molecular flexibility index (Phi) is 5.25. The summed E-state index contributed by atoms with van der Waals surface area (Å²) in [5.41, 5.74) is 0.394. The summed E-state index contributed by atoms with van der Waals surface area (Å²) in [6.07, 6.45) is -0.606. The average molecular weight is 281 g/mol. The molecule has 0 aromatic heterocycles. The van der Waals surface area contributed by atoms with E-state index in [1.807, 2.05) is 0 Å². The van der Waals surface area contributed by atoms with Gasteiger partial charge in [0.25, 0.3) is 0 Å². The van der Waals surface area contributed by atoms with E-state index in [0.717, 1.165) is 0 Å². The third-order valence-corrected chi connectivity index (χ3v) is 2.51. The third-order valence-electron chi connectivity index (χ3n) is 2.51. The number of nitrogens with zero attached hydrogens (tertiary/aromatic N) is 1. The third kappa shape index (κ3) is 4.64. The molecule has 0 aliphatic carbocycles. The summed E-state index contributed by atoms with van der Waals surface area (Å²) in [6.45, 7) is 5.94. The van der Waals surface area contributed by atoms with Gasteiger partial charge < -0.3 is 4.74 Å². The lowest BCUT2D eigenvalue weighted by Gasteiger charge is -2.26. The second kappa shape index (κ2) is 6.50. The normalized spacial score (nSPS) is 11.1. The van der Waals surface area contributed by atoms with Crippen LogP contribution in [0.25, 0.3) is 0 Å². The molecule has 0 saturated heterocycles. The van der Waals surface area contributed by atoms with Gasteiger partial charge in [0.15, 0.2) is 5.78 Å². The molecule has 0 radical (unpaired) electrons. The van der Waals surface area contributed by atoms with Crippen molar-refractivity contribution in [1.29, 1.82) is 0 Å². The van der Waals surface area contributed by atoms with E-state index in [1.165, 1.54) is 11.8 Å². The fourth-order valence-electron chi connectivity index (χ4n) is 1.60. The minimum atomic E-state index is -0.673. The monoisotopic (exact) mass is 281 g/mol. The molecule has 1 amide bonds. The van der Waals surface area contributed by atoms with E-state index in [1.54, 1.807) is 45.0 Å². The minimum Gasteiger partial charge on any atom is -0.443 e. The average Bonchev–Trinajstić information content (AvgIpc) is 2.34. The molecule has 1 aromatic carbocycles. The number of Topliss-reactive ketones (excluding diaryl/α,β-unsaturated/α-hetero) is 1. The second-order valence-electron chi connectivity index (χ2n) is 5.42. The first-order chi connectivity index (χ1) is 9.24. The zero-order valence-electron chi connectivity index (χ0n) is 12.3. The van der Waals surface area contributed by atoms with Crippen molar-refractivity contribution in [2.24, 2.45) is 0 Å². The lowest BCUT2D eigenvalue weighted by Crippen LogP contribution is -2.38. The van der Waals surface area contributed by atoms with Gasteiger partial charge in [-0.3, -0.25) is 9.69 Å². The van der Waals surface area contributed by atoms with Crippen molar-refractivity contribution in [3.8, 4) is 0 Å². The Bertz CT molecular complexity index is 477. The van der Waals surface area contributed by atoms with E-state index in [4.69, 9.17) is 4.74 Å². The highest BCUT2D eigenvalue weighted by molar-refractivity contribution is 5.95. The van der Waals surface area contributed by atoms with Crippen LogP contribution in [0.1, 0.15) is 38.1 Å². The molecule has 110 valence electrons. The molecule has 0 saturated carbocycles. The number of hydrogen-bond acceptors (Lipinski definition) is 3. The number of rotatable bonds is 4. The summed E-state index contributed by atoms with van der Waals surface area (Å²) in [6, 6.07) is 6.42. The highest BCUT2D eigenvalue weighted by Gasteiger charge is 2.23. The van der Waals surface area contributed by atoms with Crippen molar-refractivity contribution in [3.63, 3.8) is 0 Å². The van der Waals surface area contributed by atoms with Crippen molar-refractivity contribution < 1.29 is 18.7 Å². The predicted octanol–water partition coefficient (Wildman–Crippen LogP) is 3.60. The van der Waals surface area contributed by atoms with Crippen LogP contribution in [0, 0.1) is 0 Å². The van der Waals surface area contributed by atoms with Gasteiger partial charge in [-0.2, -0.15) is 0 Å². The molecule has 5 heteroatoms. The number of carbonyl (C=O) groups excluding carboxylic acids is 2. The SMILES string of the molecule is CC(=O)c1ccc(N(CCF)C(=O)OC(C)(C)C)cc1. The molecule has 0 bridgehead atoms. The fraction of sp³-hybridized carbons (Fsp3) is 0.467. The number of halogens is 1. The van der Waals surface area contributed by atoms with E-state index in [0.29, 0.717) is 11.3 Å². The number of ether oxygens (including phenoxy) is 1. The first-order valence-electron chi connectivity index (χ1n) is 6.42. The number of alkyl halides is 1. The molecule has 0 atom stereocenters. The van der Waals surface area contributed by atoms with Crippen molar-refractivity contribution in [3.05, 3.63) is 29.8 Å². The van der Waals surface area contributed by atoms with Crippen molar-refractivity contribution in [1.82, 2.24) is 0 Å². The van der Waals surface area contributed by atoms with Crippen LogP contribution >= 0.6 is 0 Å². The van der Waals surface area contributed by atoms with Crippen molar-refractivity contribution in [2.45, 2.75) is 33.3 Å². The molecule has 4 nitrogen and oxygen atoms in total. The molecule has 1 rings (SSSR count). The van der Waals surface area contributed by atoms with Gasteiger partial charge in [0, 0.05) is 11.3 Å². The standard InChI is InChI=1S/C15H20FNO3/c1-11(18)12-5-7-13(8-6-12)17(10-9-16)14(19)20-15(2,3)4/h5-8H,9-10H2,1-4H3. The summed E-state index contributed by atoms with van der Waals surface area (Å²) in [5, 5.41) is 0. The van der Waals surface area contributed by atoms with Crippen molar-refractivity contribution in [2.75, 3.05) is 18.1 Å². The maximum Gasteiger partial charge on any atom is 0.414 e. The largest absolute Gasteiger partial charge is 0.443 e. The quantitative estimate of drug-likeness (QED) is 0.792. The predicted molar refractivity (Wildman–Crippen MR) is 76.0 cm³/mol. The first-order valence-corrected chi connectivity index (χ1v) is 6.42. The van der Waals surface area contributed by atoms with Gasteiger partial charge in [-0.05, 0) is 52.0 Å². The number of hydrogen-bond donors (Lipinski definition) is 0. The smallest absolute Gasteiger partial charge is 0.414 e. The highest BCUT2D eigenvalue weighted by Crippen LogP contribution is 2.19. The van der Waals surface area contributed by atoms with Gasteiger partial charge in [0.1, 0.15) is 12.3 Å². The van der Waals surface area contributed by atoms with Crippen LogP contribution in [0.2, 0.25) is 0 Å². The van der Waals surface area contributed by atoms with Gasteiger partial charge in [-0.25, -0.2) is 9.18 Å². The van der Waals surface area contributed by atoms with Crippen LogP contribution in [0.5, 0.6) is 0 Å². The summed E-state index contributed by atoms with van der Waals surface area (Å²) < 4.78 is 17.9. The molecular weight excluding hydrogens is 261 g/mol. The zero-order valence-corrected chi connectivity index (χ0v) is 12.3. The lowest BCUT2D eigenvalue weighted by molar-refractivity contribution is 0.0578. The van der Waals surface area contributed by atoms with E-state index < -0.39 is 18.4 Å². The van der Waals surface area contributed by atoms with Gasteiger partial charge in [-0.15, -0.1) is 0 Å². The van der Waals surface area contributed by atoms with Gasteiger partial charge in [0.2, 0.25) is 0 Å². The first kappa shape index (κ1) is 16.1. The maximum atomic E-state index is 12.6. The summed E-state index contributed by atoms with van der Waals surface area (Å²) in [5.74, 6) is -0.0640. The summed E-state index contributed by atoms with van der Waals surface area (Å²) in [7, 11) is 0. The van der Waals surface area contributed by atoms with Gasteiger partial charge in [-0.1, -0.05) is 0 Å². The van der Waals surface area contributed by atoms with Gasteiger partial charge in [0.05, 0.1) is 6.54 Å². The number of amides is 1. The summed E-state index contributed by atoms with van der Waals surface area (Å²) >= 11 is 0. The molecular formula is C15H20FNO3. The fourth-order valence-corrected chi connectivity index (χ4v) is 1.60. The van der Waals surface area contributed by atoms with Crippen LogP contribution in [0.3, 0.4) is 0 Å². The number of ketones is 1. The van der Waals surface area contributed by atoms with E-state index in [2.05, 4.69) is 0 Å². The number of carbonyl (C=O) groups is 2.